The smallest absolute Gasteiger partial charge is 0.118 e. The zero-order valence-electron chi connectivity index (χ0n) is 10.4. The number of hydrogen-bond acceptors (Lipinski definition) is 3. The molecule has 1 aliphatic heterocycles. The van der Waals surface area contributed by atoms with Crippen LogP contribution in [0.4, 0.5) is 0 Å². The van der Waals surface area contributed by atoms with Crippen LogP contribution in [-0.2, 0) is 11.2 Å². The van der Waals surface area contributed by atoms with Crippen LogP contribution in [0.25, 0.3) is 0 Å². The average Bonchev–Trinajstić information content (AvgIpc) is 2.88. The van der Waals surface area contributed by atoms with Crippen molar-refractivity contribution in [2.24, 2.45) is 0 Å². The fourth-order valence-corrected chi connectivity index (χ4v) is 2.09. The molecular formula is C14H21NO2. The molecule has 0 bridgehead atoms. The van der Waals surface area contributed by atoms with Gasteiger partial charge in [-0.25, -0.2) is 0 Å². The lowest BCUT2D eigenvalue weighted by molar-refractivity contribution is 0.110. The number of rotatable bonds is 6. The van der Waals surface area contributed by atoms with Crippen molar-refractivity contribution in [1.82, 2.24) is 5.32 Å². The van der Waals surface area contributed by atoms with Crippen LogP contribution >= 0.6 is 0 Å². The Kier molecular flexibility index (Phi) is 4.83. The molecule has 0 saturated carbocycles. The van der Waals surface area contributed by atoms with Gasteiger partial charge in [0.15, 0.2) is 0 Å². The summed E-state index contributed by atoms with van der Waals surface area (Å²) in [7, 11) is 1.69. The van der Waals surface area contributed by atoms with E-state index in [1.807, 2.05) is 12.1 Å². The minimum Gasteiger partial charge on any atom is -0.497 e. The molecule has 1 N–H and O–H groups in total. The summed E-state index contributed by atoms with van der Waals surface area (Å²) in [5.74, 6) is 0.918. The number of benzene rings is 1. The van der Waals surface area contributed by atoms with Gasteiger partial charge in [0.05, 0.1) is 13.2 Å². The molecule has 17 heavy (non-hydrogen) atoms. The fraction of sp³-hybridized carbons (Fsp3) is 0.571. The molecular weight excluding hydrogens is 214 g/mol. The van der Waals surface area contributed by atoms with Crippen LogP contribution in [0.1, 0.15) is 18.4 Å². The largest absolute Gasteiger partial charge is 0.497 e. The topological polar surface area (TPSA) is 30.5 Å². The Morgan fingerprint density at radius 3 is 2.82 bits per heavy atom. The van der Waals surface area contributed by atoms with Crippen molar-refractivity contribution in [3.05, 3.63) is 29.8 Å². The van der Waals surface area contributed by atoms with Gasteiger partial charge in [-0.1, -0.05) is 12.1 Å². The SMILES string of the molecule is COc1ccc(CCNC[C@H]2CCCO2)cc1. The predicted octanol–water partition coefficient (Wildman–Crippen LogP) is 2.01. The molecule has 0 aromatic heterocycles. The second-order valence-electron chi connectivity index (χ2n) is 4.44. The molecule has 0 unspecified atom stereocenters. The van der Waals surface area contributed by atoms with E-state index in [1.165, 1.54) is 18.4 Å². The summed E-state index contributed by atoms with van der Waals surface area (Å²) >= 11 is 0. The Bertz CT molecular complexity index is 317. The molecule has 0 aliphatic carbocycles. The number of ether oxygens (including phenoxy) is 2. The molecule has 2 rings (SSSR count). The van der Waals surface area contributed by atoms with Crippen molar-refractivity contribution in [1.29, 1.82) is 0 Å². The molecule has 1 heterocycles. The van der Waals surface area contributed by atoms with Crippen molar-refractivity contribution >= 4 is 0 Å². The Morgan fingerprint density at radius 2 is 2.18 bits per heavy atom. The molecule has 0 spiro atoms. The van der Waals surface area contributed by atoms with Gasteiger partial charge in [-0.2, -0.15) is 0 Å². The third kappa shape index (κ3) is 4.02. The van der Waals surface area contributed by atoms with Crippen LogP contribution in [0.3, 0.4) is 0 Å². The predicted molar refractivity (Wildman–Crippen MR) is 68.5 cm³/mol. The van der Waals surface area contributed by atoms with E-state index < -0.39 is 0 Å². The molecule has 1 atom stereocenters. The first-order valence-corrected chi connectivity index (χ1v) is 6.34. The van der Waals surface area contributed by atoms with E-state index in [-0.39, 0.29) is 0 Å². The molecule has 1 aromatic rings. The lowest BCUT2D eigenvalue weighted by atomic mass is 10.1. The van der Waals surface area contributed by atoms with Crippen molar-refractivity contribution < 1.29 is 9.47 Å². The second kappa shape index (κ2) is 6.62. The van der Waals surface area contributed by atoms with Gasteiger partial charge >= 0.3 is 0 Å². The van der Waals surface area contributed by atoms with Crippen LogP contribution < -0.4 is 10.1 Å². The standard InChI is InChI=1S/C14H21NO2/c1-16-13-6-4-12(5-7-13)8-9-15-11-14-3-2-10-17-14/h4-7,14-15H,2-3,8-11H2,1H3/t14-/m1/s1. The van der Waals surface area contributed by atoms with E-state index in [0.717, 1.165) is 31.9 Å². The van der Waals surface area contributed by atoms with Gasteiger partial charge in [0.2, 0.25) is 0 Å². The molecule has 0 radical (unpaired) electrons. The molecule has 94 valence electrons. The first-order valence-electron chi connectivity index (χ1n) is 6.34. The van der Waals surface area contributed by atoms with Gasteiger partial charge < -0.3 is 14.8 Å². The Morgan fingerprint density at radius 1 is 1.35 bits per heavy atom. The first-order chi connectivity index (χ1) is 8.38. The third-order valence-electron chi connectivity index (χ3n) is 3.15. The molecule has 1 saturated heterocycles. The Labute approximate surface area is 103 Å². The summed E-state index contributed by atoms with van der Waals surface area (Å²) in [4.78, 5) is 0. The monoisotopic (exact) mass is 235 g/mol. The maximum absolute atomic E-state index is 5.56. The van der Waals surface area contributed by atoms with Gasteiger partial charge in [0.25, 0.3) is 0 Å². The summed E-state index contributed by atoms with van der Waals surface area (Å²) in [6.07, 6.45) is 3.91. The zero-order valence-corrected chi connectivity index (χ0v) is 10.4. The summed E-state index contributed by atoms with van der Waals surface area (Å²) < 4.78 is 10.7. The van der Waals surface area contributed by atoms with Crippen molar-refractivity contribution in [3.63, 3.8) is 0 Å². The van der Waals surface area contributed by atoms with E-state index in [1.54, 1.807) is 7.11 Å². The van der Waals surface area contributed by atoms with Crippen molar-refractivity contribution in [2.45, 2.75) is 25.4 Å². The van der Waals surface area contributed by atoms with Crippen molar-refractivity contribution in [2.75, 3.05) is 26.8 Å². The third-order valence-corrected chi connectivity index (χ3v) is 3.15. The Hall–Kier alpha value is -1.06. The number of nitrogens with one attached hydrogen (secondary N) is 1. The normalized spacial score (nSPS) is 19.5. The van der Waals surface area contributed by atoms with Crippen LogP contribution in [0, 0.1) is 0 Å². The summed E-state index contributed by atoms with van der Waals surface area (Å²) in [6, 6.07) is 8.25. The fourth-order valence-electron chi connectivity index (χ4n) is 2.09. The minimum absolute atomic E-state index is 0.436. The average molecular weight is 235 g/mol. The van der Waals surface area contributed by atoms with Crippen LogP contribution in [0.5, 0.6) is 5.75 Å². The van der Waals surface area contributed by atoms with Gasteiger partial charge in [-0.05, 0) is 43.5 Å². The van der Waals surface area contributed by atoms with Gasteiger partial charge in [0.1, 0.15) is 5.75 Å². The van der Waals surface area contributed by atoms with E-state index >= 15 is 0 Å². The first kappa shape index (κ1) is 12.4. The van der Waals surface area contributed by atoms with Gasteiger partial charge in [0, 0.05) is 13.2 Å². The molecule has 3 heteroatoms. The van der Waals surface area contributed by atoms with E-state index in [2.05, 4.69) is 17.4 Å². The highest BCUT2D eigenvalue weighted by Crippen LogP contribution is 2.12. The van der Waals surface area contributed by atoms with E-state index in [4.69, 9.17) is 9.47 Å². The molecule has 3 nitrogen and oxygen atoms in total. The molecule has 1 fully saturated rings. The quantitative estimate of drug-likeness (QED) is 0.765. The van der Waals surface area contributed by atoms with Crippen LogP contribution in [0.15, 0.2) is 24.3 Å². The molecule has 1 aromatic carbocycles. The van der Waals surface area contributed by atoms with Crippen molar-refractivity contribution in [3.8, 4) is 5.75 Å². The number of hydrogen-bond donors (Lipinski definition) is 1. The number of methoxy groups -OCH3 is 1. The summed E-state index contributed by atoms with van der Waals surface area (Å²) in [6.45, 7) is 2.92. The minimum atomic E-state index is 0.436. The zero-order chi connectivity index (χ0) is 11.9. The van der Waals surface area contributed by atoms with Gasteiger partial charge in [-0.3, -0.25) is 0 Å². The highest BCUT2D eigenvalue weighted by molar-refractivity contribution is 5.27. The van der Waals surface area contributed by atoms with Gasteiger partial charge in [-0.15, -0.1) is 0 Å². The lowest BCUT2D eigenvalue weighted by Crippen LogP contribution is -2.27. The molecule has 0 amide bonds. The summed E-state index contributed by atoms with van der Waals surface area (Å²) in [5.41, 5.74) is 1.34. The summed E-state index contributed by atoms with van der Waals surface area (Å²) in [5, 5.41) is 3.45. The van der Waals surface area contributed by atoms with Crippen LogP contribution in [-0.4, -0.2) is 32.9 Å². The lowest BCUT2D eigenvalue weighted by Gasteiger charge is -2.10. The highest BCUT2D eigenvalue weighted by atomic mass is 16.5. The highest BCUT2D eigenvalue weighted by Gasteiger charge is 2.14. The second-order valence-corrected chi connectivity index (χ2v) is 4.44. The maximum Gasteiger partial charge on any atom is 0.118 e. The Balaban J connectivity index is 1.63. The molecule has 1 aliphatic rings. The van der Waals surface area contributed by atoms with E-state index in [0.29, 0.717) is 6.10 Å². The maximum atomic E-state index is 5.56. The van der Waals surface area contributed by atoms with Crippen LogP contribution in [0.2, 0.25) is 0 Å². The van der Waals surface area contributed by atoms with E-state index in [9.17, 15) is 0 Å².